The quantitative estimate of drug-likeness (QED) is 0.747. The largest absolute Gasteiger partial charge is 0.492 e. The molecule has 1 heterocycles. The van der Waals surface area contributed by atoms with Crippen LogP contribution in [0.1, 0.15) is 50.9 Å². The Hall–Kier alpha value is -1.22. The number of hydrogen-bond acceptors (Lipinski definition) is 2. The molecule has 1 aliphatic carbocycles. The zero-order valence-electron chi connectivity index (χ0n) is 12.3. The summed E-state index contributed by atoms with van der Waals surface area (Å²) in [5.74, 6) is 2.59. The summed E-state index contributed by atoms with van der Waals surface area (Å²) in [6, 6.07) is 6.70. The molecule has 0 bridgehead atoms. The van der Waals surface area contributed by atoms with E-state index in [9.17, 15) is 0 Å². The lowest BCUT2D eigenvalue weighted by Gasteiger charge is -2.10. The van der Waals surface area contributed by atoms with Crippen molar-refractivity contribution in [3.05, 3.63) is 24.0 Å². The lowest BCUT2D eigenvalue weighted by molar-refractivity contribution is 0.343. The summed E-state index contributed by atoms with van der Waals surface area (Å²) in [5, 5.41) is -0.0880. The molecule has 0 amide bonds. The van der Waals surface area contributed by atoms with Crippen LogP contribution in [0.2, 0.25) is 0 Å². The van der Waals surface area contributed by atoms with E-state index in [-0.39, 0.29) is 5.38 Å². The molecule has 3 atom stereocenters. The van der Waals surface area contributed by atoms with Gasteiger partial charge in [0.15, 0.2) is 0 Å². The molecule has 1 aliphatic rings. The monoisotopic (exact) mass is 292 g/mol. The summed E-state index contributed by atoms with van der Waals surface area (Å²) in [6.07, 6.45) is 2.45. The highest BCUT2D eigenvalue weighted by molar-refractivity contribution is 6.20. The molecule has 0 saturated heterocycles. The van der Waals surface area contributed by atoms with Crippen LogP contribution in [0, 0.1) is 5.92 Å². The molecule has 108 valence electrons. The first-order chi connectivity index (χ1) is 9.67. The molecule has 0 radical (unpaired) electrons. The number of aromatic nitrogens is 2. The van der Waals surface area contributed by atoms with E-state index in [1.54, 1.807) is 0 Å². The van der Waals surface area contributed by atoms with E-state index in [2.05, 4.69) is 17.6 Å². The van der Waals surface area contributed by atoms with Crippen LogP contribution in [0.3, 0.4) is 0 Å². The third-order valence-electron chi connectivity index (χ3n) is 4.11. The summed E-state index contributed by atoms with van der Waals surface area (Å²) in [7, 11) is 0. The molecule has 1 fully saturated rings. The summed E-state index contributed by atoms with van der Waals surface area (Å²) in [4.78, 5) is 4.77. The van der Waals surface area contributed by atoms with Crippen LogP contribution in [0.15, 0.2) is 18.2 Å². The van der Waals surface area contributed by atoms with Gasteiger partial charge in [0.2, 0.25) is 0 Å². The Kier molecular flexibility index (Phi) is 3.63. The fourth-order valence-corrected chi connectivity index (χ4v) is 3.15. The van der Waals surface area contributed by atoms with Crippen molar-refractivity contribution in [1.82, 2.24) is 9.55 Å². The fourth-order valence-electron chi connectivity index (χ4n) is 3.00. The minimum Gasteiger partial charge on any atom is -0.492 e. The van der Waals surface area contributed by atoms with Gasteiger partial charge in [0, 0.05) is 6.04 Å². The average molecular weight is 293 g/mol. The predicted octanol–water partition coefficient (Wildman–Crippen LogP) is 4.71. The highest BCUT2D eigenvalue weighted by Gasteiger charge is 2.40. The fraction of sp³-hybridized carbons (Fsp3) is 0.562. The van der Waals surface area contributed by atoms with Gasteiger partial charge in [-0.3, -0.25) is 0 Å². The van der Waals surface area contributed by atoms with Crippen molar-refractivity contribution >= 4 is 22.6 Å². The highest BCUT2D eigenvalue weighted by atomic mass is 35.5. The van der Waals surface area contributed by atoms with E-state index in [1.165, 1.54) is 12.8 Å². The molecular weight excluding hydrogens is 272 g/mol. The number of halogens is 1. The Morgan fingerprint density at radius 1 is 1.45 bits per heavy atom. The maximum absolute atomic E-state index is 6.35. The van der Waals surface area contributed by atoms with E-state index in [4.69, 9.17) is 21.3 Å². The van der Waals surface area contributed by atoms with Crippen LogP contribution in [-0.2, 0) is 0 Å². The number of benzene rings is 1. The molecule has 3 nitrogen and oxygen atoms in total. The van der Waals surface area contributed by atoms with Crippen molar-refractivity contribution in [2.24, 2.45) is 5.92 Å². The first-order valence-electron chi connectivity index (χ1n) is 7.45. The van der Waals surface area contributed by atoms with Crippen LogP contribution >= 0.6 is 11.6 Å². The number of hydrogen-bond donors (Lipinski definition) is 0. The minimum atomic E-state index is -0.0880. The third kappa shape index (κ3) is 2.18. The number of rotatable bonds is 5. The van der Waals surface area contributed by atoms with E-state index >= 15 is 0 Å². The zero-order chi connectivity index (χ0) is 14.3. The second-order valence-corrected chi connectivity index (χ2v) is 6.14. The van der Waals surface area contributed by atoms with Crippen molar-refractivity contribution in [1.29, 1.82) is 0 Å². The van der Waals surface area contributed by atoms with Gasteiger partial charge < -0.3 is 9.30 Å². The van der Waals surface area contributed by atoms with Crippen molar-refractivity contribution in [3.8, 4) is 5.75 Å². The standard InChI is InChI=1S/C16H21ClN2O/c1-4-11-9-13(11)19-12-7-6-8-14(20-5-2)15(12)18-16(19)10(3)17/h6-8,10-11,13H,4-5,9H2,1-3H3. The SMILES string of the molecule is CCOc1cccc2c1nc(C(C)Cl)n2C1CC1CC. The maximum Gasteiger partial charge on any atom is 0.147 e. The van der Waals surface area contributed by atoms with Crippen LogP contribution < -0.4 is 4.74 Å². The van der Waals surface area contributed by atoms with Crippen LogP contribution in [0.4, 0.5) is 0 Å². The van der Waals surface area contributed by atoms with Gasteiger partial charge in [-0.05, 0) is 38.3 Å². The van der Waals surface area contributed by atoms with E-state index < -0.39 is 0 Å². The lowest BCUT2D eigenvalue weighted by Crippen LogP contribution is -2.03. The Bertz CT molecular complexity index is 620. The third-order valence-corrected chi connectivity index (χ3v) is 4.30. The predicted molar refractivity (Wildman–Crippen MR) is 82.6 cm³/mol. The Balaban J connectivity index is 2.15. The summed E-state index contributed by atoms with van der Waals surface area (Å²) < 4.78 is 8.04. The molecule has 0 N–H and O–H groups in total. The van der Waals surface area contributed by atoms with E-state index in [0.29, 0.717) is 12.6 Å². The Morgan fingerprint density at radius 3 is 2.85 bits per heavy atom. The summed E-state index contributed by atoms with van der Waals surface area (Å²) in [6.45, 7) is 6.88. The van der Waals surface area contributed by atoms with Crippen molar-refractivity contribution in [3.63, 3.8) is 0 Å². The van der Waals surface area contributed by atoms with Crippen LogP contribution in [0.5, 0.6) is 5.75 Å². The zero-order valence-corrected chi connectivity index (χ0v) is 13.0. The van der Waals surface area contributed by atoms with Gasteiger partial charge in [-0.1, -0.05) is 19.4 Å². The lowest BCUT2D eigenvalue weighted by atomic mass is 10.2. The Morgan fingerprint density at radius 2 is 2.25 bits per heavy atom. The van der Waals surface area contributed by atoms with Crippen LogP contribution in [-0.4, -0.2) is 16.2 Å². The molecule has 2 aromatic rings. The first kappa shape index (κ1) is 13.7. The summed E-state index contributed by atoms with van der Waals surface area (Å²) >= 11 is 6.35. The number of imidazole rings is 1. The molecule has 1 aromatic carbocycles. The first-order valence-corrected chi connectivity index (χ1v) is 7.88. The number of fused-ring (bicyclic) bond motifs is 1. The topological polar surface area (TPSA) is 27.1 Å². The molecule has 4 heteroatoms. The second-order valence-electron chi connectivity index (χ2n) is 5.48. The molecular formula is C16H21ClN2O. The molecule has 20 heavy (non-hydrogen) atoms. The number of nitrogens with zero attached hydrogens (tertiary/aromatic N) is 2. The number of ether oxygens (including phenoxy) is 1. The van der Waals surface area contributed by atoms with Gasteiger partial charge in [-0.2, -0.15) is 0 Å². The summed E-state index contributed by atoms with van der Waals surface area (Å²) in [5.41, 5.74) is 2.10. The molecule has 1 saturated carbocycles. The molecule has 3 rings (SSSR count). The maximum atomic E-state index is 6.35. The molecule has 1 aromatic heterocycles. The van der Waals surface area contributed by atoms with Gasteiger partial charge in [0.05, 0.1) is 17.5 Å². The Labute approximate surface area is 124 Å². The van der Waals surface area contributed by atoms with E-state index in [0.717, 1.165) is 28.5 Å². The van der Waals surface area contributed by atoms with Crippen molar-refractivity contribution < 1.29 is 4.74 Å². The normalized spacial score (nSPS) is 23.0. The van der Waals surface area contributed by atoms with Gasteiger partial charge in [-0.25, -0.2) is 4.98 Å². The second kappa shape index (κ2) is 5.28. The number of para-hydroxylation sites is 1. The van der Waals surface area contributed by atoms with Gasteiger partial charge >= 0.3 is 0 Å². The van der Waals surface area contributed by atoms with Crippen molar-refractivity contribution in [2.45, 2.75) is 45.0 Å². The molecule has 0 spiro atoms. The molecule has 0 aliphatic heterocycles. The minimum absolute atomic E-state index is 0.0880. The number of alkyl halides is 1. The highest BCUT2D eigenvalue weighted by Crippen LogP contribution is 2.49. The average Bonchev–Trinajstić information content (AvgIpc) is 3.10. The van der Waals surface area contributed by atoms with Gasteiger partial charge in [0.25, 0.3) is 0 Å². The van der Waals surface area contributed by atoms with E-state index in [1.807, 2.05) is 26.0 Å². The van der Waals surface area contributed by atoms with Gasteiger partial charge in [-0.15, -0.1) is 11.6 Å². The van der Waals surface area contributed by atoms with Crippen molar-refractivity contribution in [2.75, 3.05) is 6.61 Å². The van der Waals surface area contributed by atoms with Gasteiger partial charge in [0.1, 0.15) is 17.1 Å². The smallest absolute Gasteiger partial charge is 0.147 e. The van der Waals surface area contributed by atoms with Crippen LogP contribution in [0.25, 0.3) is 11.0 Å². The molecule has 3 unspecified atom stereocenters.